The second kappa shape index (κ2) is 5.35. The molecule has 0 unspecified atom stereocenters. The largest absolute Gasteiger partial charge is 0.375 e. The topological polar surface area (TPSA) is 29.5 Å². The Morgan fingerprint density at radius 3 is 3.00 bits per heavy atom. The van der Waals surface area contributed by atoms with Crippen molar-refractivity contribution in [1.82, 2.24) is 4.90 Å². The van der Waals surface area contributed by atoms with Gasteiger partial charge in [0, 0.05) is 22.2 Å². The molecule has 1 amide bonds. The Morgan fingerprint density at radius 1 is 1.53 bits per heavy atom. The molecule has 2 rings (SSSR count). The first-order valence-electron chi connectivity index (χ1n) is 5.75. The van der Waals surface area contributed by atoms with Gasteiger partial charge in [-0.05, 0) is 54.1 Å². The predicted molar refractivity (Wildman–Crippen MR) is 75.2 cm³/mol. The number of ether oxygens (including phenoxy) is 1. The van der Waals surface area contributed by atoms with Gasteiger partial charge in [0.05, 0.1) is 12.7 Å². The predicted octanol–water partition coefficient (Wildman–Crippen LogP) is 2.46. The van der Waals surface area contributed by atoms with E-state index in [4.69, 9.17) is 4.74 Å². The lowest BCUT2D eigenvalue weighted by Crippen LogP contribution is -2.44. The number of rotatable bonds is 1. The van der Waals surface area contributed by atoms with Crippen molar-refractivity contribution in [3.63, 3.8) is 0 Å². The van der Waals surface area contributed by atoms with Crippen molar-refractivity contribution in [2.75, 3.05) is 19.7 Å². The Bertz CT molecular complexity index is 433. The minimum Gasteiger partial charge on any atom is -0.375 e. The van der Waals surface area contributed by atoms with Gasteiger partial charge in [0.25, 0.3) is 5.91 Å². The van der Waals surface area contributed by atoms with Gasteiger partial charge in [-0.15, -0.1) is 0 Å². The van der Waals surface area contributed by atoms with Crippen LogP contribution in [0, 0.1) is 10.5 Å². The van der Waals surface area contributed by atoms with Crippen LogP contribution in [0.5, 0.6) is 0 Å². The van der Waals surface area contributed by atoms with E-state index in [0.717, 1.165) is 14.7 Å². The highest BCUT2D eigenvalue weighted by molar-refractivity contribution is 14.1. The van der Waals surface area contributed by atoms with Crippen LogP contribution in [0.1, 0.15) is 22.8 Å². The second-order valence-electron chi connectivity index (χ2n) is 4.34. The molecule has 1 aliphatic heterocycles. The summed E-state index contributed by atoms with van der Waals surface area (Å²) in [7, 11) is 0. The van der Waals surface area contributed by atoms with Crippen LogP contribution in [0.15, 0.2) is 18.2 Å². The average molecular weight is 345 g/mol. The first-order chi connectivity index (χ1) is 8.09. The van der Waals surface area contributed by atoms with Crippen molar-refractivity contribution >= 4 is 28.5 Å². The number of morpholine rings is 1. The molecule has 0 saturated carbocycles. The van der Waals surface area contributed by atoms with Gasteiger partial charge in [-0.1, -0.05) is 6.07 Å². The third-order valence-electron chi connectivity index (χ3n) is 3.03. The normalized spacial score (nSPS) is 20.4. The lowest BCUT2D eigenvalue weighted by atomic mass is 10.1. The van der Waals surface area contributed by atoms with Crippen molar-refractivity contribution in [3.8, 4) is 0 Å². The summed E-state index contributed by atoms with van der Waals surface area (Å²) >= 11 is 2.26. The van der Waals surface area contributed by atoms with Crippen molar-refractivity contribution in [2.45, 2.75) is 20.0 Å². The third-order valence-corrected chi connectivity index (χ3v) is 4.20. The van der Waals surface area contributed by atoms with Crippen molar-refractivity contribution in [3.05, 3.63) is 32.9 Å². The number of carbonyl (C=O) groups excluding carboxylic acids is 1. The molecule has 1 aliphatic rings. The molecule has 1 atom stereocenters. The van der Waals surface area contributed by atoms with Crippen LogP contribution < -0.4 is 0 Å². The Hall–Kier alpha value is -0.620. The van der Waals surface area contributed by atoms with Gasteiger partial charge < -0.3 is 9.64 Å². The molecule has 0 aromatic heterocycles. The zero-order valence-corrected chi connectivity index (χ0v) is 12.2. The molecule has 0 spiro atoms. The molecule has 0 radical (unpaired) electrons. The Labute approximate surface area is 115 Å². The van der Waals surface area contributed by atoms with Gasteiger partial charge in [0.15, 0.2) is 0 Å². The molecule has 0 bridgehead atoms. The summed E-state index contributed by atoms with van der Waals surface area (Å²) in [5.74, 6) is 0.121. The summed E-state index contributed by atoms with van der Waals surface area (Å²) < 4.78 is 6.59. The van der Waals surface area contributed by atoms with Crippen molar-refractivity contribution in [1.29, 1.82) is 0 Å². The quantitative estimate of drug-likeness (QED) is 0.732. The standard InChI is InChI=1S/C13H16INO2/c1-9-8-15(6-7-17-9)13(16)11-4-3-5-12(14)10(11)2/h3-5,9H,6-8H2,1-2H3/t9-/m0/s1. The molecule has 3 nitrogen and oxygen atoms in total. The van der Waals surface area contributed by atoms with Gasteiger partial charge in [0.1, 0.15) is 0 Å². The van der Waals surface area contributed by atoms with E-state index in [1.807, 2.05) is 36.9 Å². The molecule has 1 saturated heterocycles. The van der Waals surface area contributed by atoms with E-state index < -0.39 is 0 Å². The van der Waals surface area contributed by atoms with Crippen LogP contribution in [0.2, 0.25) is 0 Å². The molecule has 0 N–H and O–H groups in total. The van der Waals surface area contributed by atoms with Crippen molar-refractivity contribution < 1.29 is 9.53 Å². The fourth-order valence-electron chi connectivity index (χ4n) is 2.01. The van der Waals surface area contributed by atoms with Gasteiger partial charge >= 0.3 is 0 Å². The first kappa shape index (κ1) is 12.8. The fraction of sp³-hybridized carbons (Fsp3) is 0.462. The number of hydrogen-bond donors (Lipinski definition) is 0. The number of carbonyl (C=O) groups is 1. The summed E-state index contributed by atoms with van der Waals surface area (Å²) in [6, 6.07) is 5.86. The lowest BCUT2D eigenvalue weighted by molar-refractivity contribution is -0.0124. The maximum atomic E-state index is 12.4. The van der Waals surface area contributed by atoms with E-state index in [1.165, 1.54) is 0 Å². The molecule has 1 aromatic rings. The maximum Gasteiger partial charge on any atom is 0.254 e. The Morgan fingerprint density at radius 2 is 2.29 bits per heavy atom. The first-order valence-corrected chi connectivity index (χ1v) is 6.83. The minimum absolute atomic E-state index is 0.121. The monoisotopic (exact) mass is 345 g/mol. The molecular weight excluding hydrogens is 329 g/mol. The SMILES string of the molecule is Cc1c(I)cccc1C(=O)N1CCO[C@@H](C)C1. The zero-order valence-electron chi connectivity index (χ0n) is 10.1. The minimum atomic E-state index is 0.121. The van der Waals surface area contributed by atoms with Crippen LogP contribution in [-0.2, 0) is 4.74 Å². The summed E-state index contributed by atoms with van der Waals surface area (Å²) in [5.41, 5.74) is 1.88. The van der Waals surface area contributed by atoms with E-state index in [1.54, 1.807) is 0 Å². The molecule has 92 valence electrons. The molecule has 4 heteroatoms. The highest BCUT2D eigenvalue weighted by atomic mass is 127. The molecular formula is C13H16INO2. The molecule has 1 aromatic carbocycles. The Balaban J connectivity index is 2.22. The maximum absolute atomic E-state index is 12.4. The molecule has 17 heavy (non-hydrogen) atoms. The number of nitrogens with zero attached hydrogens (tertiary/aromatic N) is 1. The average Bonchev–Trinajstić information content (AvgIpc) is 2.32. The van der Waals surface area contributed by atoms with Gasteiger partial charge in [-0.25, -0.2) is 0 Å². The van der Waals surface area contributed by atoms with E-state index >= 15 is 0 Å². The van der Waals surface area contributed by atoms with E-state index in [2.05, 4.69) is 22.6 Å². The van der Waals surface area contributed by atoms with Crippen LogP contribution in [0.25, 0.3) is 0 Å². The molecule has 0 aliphatic carbocycles. The summed E-state index contributed by atoms with van der Waals surface area (Å²) in [6.45, 7) is 6.01. The molecule has 1 fully saturated rings. The van der Waals surface area contributed by atoms with Gasteiger partial charge in [0.2, 0.25) is 0 Å². The third kappa shape index (κ3) is 2.80. The van der Waals surface area contributed by atoms with Crippen LogP contribution in [-0.4, -0.2) is 36.6 Å². The van der Waals surface area contributed by atoms with Gasteiger partial charge in [-0.3, -0.25) is 4.79 Å². The van der Waals surface area contributed by atoms with Crippen LogP contribution in [0.3, 0.4) is 0 Å². The number of amides is 1. The summed E-state index contributed by atoms with van der Waals surface area (Å²) in [6.07, 6.45) is 0.135. The van der Waals surface area contributed by atoms with Crippen molar-refractivity contribution in [2.24, 2.45) is 0 Å². The highest BCUT2D eigenvalue weighted by Crippen LogP contribution is 2.18. The van der Waals surface area contributed by atoms with Crippen LogP contribution >= 0.6 is 22.6 Å². The second-order valence-corrected chi connectivity index (χ2v) is 5.51. The summed E-state index contributed by atoms with van der Waals surface area (Å²) in [5, 5.41) is 0. The fourth-order valence-corrected chi connectivity index (χ4v) is 2.51. The number of halogens is 1. The smallest absolute Gasteiger partial charge is 0.254 e. The van der Waals surface area contributed by atoms with E-state index in [9.17, 15) is 4.79 Å². The van der Waals surface area contributed by atoms with E-state index in [0.29, 0.717) is 19.7 Å². The number of hydrogen-bond acceptors (Lipinski definition) is 2. The van der Waals surface area contributed by atoms with E-state index in [-0.39, 0.29) is 12.0 Å². The lowest BCUT2D eigenvalue weighted by Gasteiger charge is -2.31. The number of benzene rings is 1. The van der Waals surface area contributed by atoms with Gasteiger partial charge in [-0.2, -0.15) is 0 Å². The highest BCUT2D eigenvalue weighted by Gasteiger charge is 2.23. The Kier molecular flexibility index (Phi) is 4.04. The van der Waals surface area contributed by atoms with Crippen LogP contribution in [0.4, 0.5) is 0 Å². The summed E-state index contributed by atoms with van der Waals surface area (Å²) in [4.78, 5) is 14.3. The zero-order chi connectivity index (χ0) is 12.4. The molecule has 1 heterocycles.